The van der Waals surface area contributed by atoms with Crippen molar-refractivity contribution in [2.45, 2.75) is 32.2 Å². The van der Waals surface area contributed by atoms with Gasteiger partial charge in [0.1, 0.15) is 0 Å². The molecule has 1 aliphatic rings. The molecule has 1 saturated heterocycles. The number of hydrogen-bond acceptors (Lipinski definition) is 2. The minimum absolute atomic E-state index is 0.00350. The zero-order valence-electron chi connectivity index (χ0n) is 8.76. The number of nitrogens with two attached hydrogens (primary N) is 1. The molecule has 0 spiro atoms. The van der Waals surface area contributed by atoms with Crippen LogP contribution in [0, 0.1) is 5.41 Å². The van der Waals surface area contributed by atoms with Crippen LogP contribution in [0.4, 0.5) is 0 Å². The number of likely N-dealkylation sites (tertiary alicyclic amines) is 1. The van der Waals surface area contributed by atoms with Crippen molar-refractivity contribution >= 4 is 11.9 Å². The summed E-state index contributed by atoms with van der Waals surface area (Å²) < 4.78 is 0. The van der Waals surface area contributed by atoms with Crippen LogP contribution < -0.4 is 11.1 Å². The van der Waals surface area contributed by atoms with Crippen LogP contribution in [0.5, 0.6) is 0 Å². The summed E-state index contributed by atoms with van der Waals surface area (Å²) in [5.74, 6) is 0.124. The molecule has 14 heavy (non-hydrogen) atoms. The lowest BCUT2D eigenvalue weighted by molar-refractivity contribution is -0.121. The van der Waals surface area contributed by atoms with E-state index in [1.165, 1.54) is 6.92 Å². The molecule has 0 unspecified atom stereocenters. The monoisotopic (exact) mass is 198 g/mol. The largest absolute Gasteiger partial charge is 0.370 e. The highest BCUT2D eigenvalue weighted by Crippen LogP contribution is 2.21. The van der Waals surface area contributed by atoms with Crippen LogP contribution in [-0.2, 0) is 4.79 Å². The fourth-order valence-electron chi connectivity index (χ4n) is 1.79. The van der Waals surface area contributed by atoms with Gasteiger partial charge in [0.2, 0.25) is 5.91 Å². The lowest BCUT2D eigenvalue weighted by Crippen LogP contribution is -2.54. The molecule has 4 N–H and O–H groups in total. The molecular weight excluding hydrogens is 180 g/mol. The summed E-state index contributed by atoms with van der Waals surface area (Å²) in [7, 11) is 0. The normalized spacial score (nSPS) is 20.3. The molecule has 1 amide bonds. The molecule has 0 aromatic carbocycles. The molecule has 0 bridgehead atoms. The van der Waals surface area contributed by atoms with Crippen LogP contribution in [0.1, 0.15) is 26.7 Å². The fourth-order valence-corrected chi connectivity index (χ4v) is 1.79. The van der Waals surface area contributed by atoms with E-state index < -0.39 is 0 Å². The molecule has 1 aliphatic heterocycles. The molecule has 80 valence electrons. The Morgan fingerprint density at radius 3 is 2.36 bits per heavy atom. The number of guanidine groups is 1. The standard InChI is InChI=1S/C9H18N4O/c1-7(14)12-9(2)3-5-13(6-4-9)8(10)11/h3-6H2,1-2H3,(H3,10,11)(H,12,14). The second-order valence-corrected chi connectivity index (χ2v) is 4.11. The summed E-state index contributed by atoms with van der Waals surface area (Å²) in [4.78, 5) is 12.8. The molecule has 5 heteroatoms. The number of nitrogens with one attached hydrogen (secondary N) is 2. The van der Waals surface area contributed by atoms with Crippen LogP contribution in [0.15, 0.2) is 0 Å². The van der Waals surface area contributed by atoms with Crippen molar-refractivity contribution in [3.05, 3.63) is 0 Å². The Morgan fingerprint density at radius 1 is 1.50 bits per heavy atom. The van der Waals surface area contributed by atoms with E-state index in [1.807, 2.05) is 11.8 Å². The van der Waals surface area contributed by atoms with Gasteiger partial charge in [-0.15, -0.1) is 0 Å². The minimum atomic E-state index is -0.127. The minimum Gasteiger partial charge on any atom is -0.370 e. The zero-order chi connectivity index (χ0) is 10.8. The van der Waals surface area contributed by atoms with Gasteiger partial charge in [-0.2, -0.15) is 0 Å². The maximum absolute atomic E-state index is 10.9. The molecule has 1 fully saturated rings. The summed E-state index contributed by atoms with van der Waals surface area (Å²) in [6.45, 7) is 5.05. The molecule has 0 aromatic rings. The Labute approximate surface area is 84.1 Å². The van der Waals surface area contributed by atoms with Crippen molar-refractivity contribution in [2.75, 3.05) is 13.1 Å². The molecule has 0 aliphatic carbocycles. The molecular formula is C9H18N4O. The quantitative estimate of drug-likeness (QED) is 0.405. The average molecular weight is 198 g/mol. The summed E-state index contributed by atoms with van der Waals surface area (Å²) in [6, 6.07) is 0. The number of carbonyl (C=O) groups excluding carboxylic acids is 1. The van der Waals surface area contributed by atoms with E-state index in [-0.39, 0.29) is 17.4 Å². The Hall–Kier alpha value is -1.26. The van der Waals surface area contributed by atoms with Crippen LogP contribution >= 0.6 is 0 Å². The Bertz CT molecular complexity index is 243. The highest BCUT2D eigenvalue weighted by atomic mass is 16.1. The van der Waals surface area contributed by atoms with Gasteiger partial charge in [-0.3, -0.25) is 10.2 Å². The number of amides is 1. The Morgan fingerprint density at radius 2 is 2.00 bits per heavy atom. The van der Waals surface area contributed by atoms with Gasteiger partial charge >= 0.3 is 0 Å². The summed E-state index contributed by atoms with van der Waals surface area (Å²) in [6.07, 6.45) is 1.68. The van der Waals surface area contributed by atoms with Crippen LogP contribution in [-0.4, -0.2) is 35.4 Å². The molecule has 0 saturated carbocycles. The van der Waals surface area contributed by atoms with Gasteiger partial charge in [0.15, 0.2) is 5.96 Å². The molecule has 0 atom stereocenters. The number of carbonyl (C=O) groups is 1. The van der Waals surface area contributed by atoms with Crippen molar-refractivity contribution < 1.29 is 4.79 Å². The molecule has 1 rings (SSSR count). The second-order valence-electron chi connectivity index (χ2n) is 4.11. The van der Waals surface area contributed by atoms with E-state index in [0.29, 0.717) is 0 Å². The lowest BCUT2D eigenvalue weighted by Gasteiger charge is -2.39. The van der Waals surface area contributed by atoms with Crippen LogP contribution in [0.2, 0.25) is 0 Å². The summed E-state index contributed by atoms with van der Waals surface area (Å²) >= 11 is 0. The fraction of sp³-hybridized carbons (Fsp3) is 0.778. The first kappa shape index (κ1) is 10.8. The first-order chi connectivity index (χ1) is 6.43. The van der Waals surface area contributed by atoms with E-state index in [0.717, 1.165) is 25.9 Å². The molecule has 0 radical (unpaired) electrons. The summed E-state index contributed by atoms with van der Waals surface area (Å²) in [5.41, 5.74) is 5.25. The summed E-state index contributed by atoms with van der Waals surface area (Å²) in [5, 5.41) is 10.2. The number of rotatable bonds is 1. The first-order valence-corrected chi connectivity index (χ1v) is 4.81. The van der Waals surface area contributed by atoms with E-state index in [1.54, 1.807) is 0 Å². The third-order valence-corrected chi connectivity index (χ3v) is 2.69. The highest BCUT2D eigenvalue weighted by Gasteiger charge is 2.30. The van der Waals surface area contributed by atoms with E-state index in [9.17, 15) is 4.79 Å². The van der Waals surface area contributed by atoms with E-state index >= 15 is 0 Å². The number of nitrogens with zero attached hydrogens (tertiary/aromatic N) is 1. The smallest absolute Gasteiger partial charge is 0.217 e. The van der Waals surface area contributed by atoms with Gasteiger partial charge in [-0.1, -0.05) is 0 Å². The van der Waals surface area contributed by atoms with Gasteiger partial charge in [-0.25, -0.2) is 0 Å². The van der Waals surface area contributed by atoms with Gasteiger partial charge in [-0.05, 0) is 19.8 Å². The first-order valence-electron chi connectivity index (χ1n) is 4.81. The molecule has 0 aromatic heterocycles. The highest BCUT2D eigenvalue weighted by molar-refractivity contribution is 5.75. The zero-order valence-corrected chi connectivity index (χ0v) is 8.76. The Kier molecular flexibility index (Phi) is 2.98. The van der Waals surface area contributed by atoms with Gasteiger partial charge in [0, 0.05) is 25.6 Å². The van der Waals surface area contributed by atoms with Crippen molar-refractivity contribution in [3.63, 3.8) is 0 Å². The van der Waals surface area contributed by atoms with Gasteiger partial charge < -0.3 is 16.0 Å². The topological polar surface area (TPSA) is 82.2 Å². The average Bonchev–Trinajstić information content (AvgIpc) is 2.02. The van der Waals surface area contributed by atoms with E-state index in [4.69, 9.17) is 11.1 Å². The SMILES string of the molecule is CC(=O)NC1(C)CCN(C(=N)N)CC1. The van der Waals surface area contributed by atoms with Crippen molar-refractivity contribution in [2.24, 2.45) is 5.73 Å². The van der Waals surface area contributed by atoms with Crippen LogP contribution in [0.3, 0.4) is 0 Å². The predicted molar refractivity (Wildman–Crippen MR) is 54.9 cm³/mol. The third kappa shape index (κ3) is 2.61. The molecule has 5 nitrogen and oxygen atoms in total. The van der Waals surface area contributed by atoms with Crippen molar-refractivity contribution in [1.29, 1.82) is 5.41 Å². The number of piperidine rings is 1. The Balaban J connectivity index is 2.48. The third-order valence-electron chi connectivity index (χ3n) is 2.69. The second kappa shape index (κ2) is 3.86. The van der Waals surface area contributed by atoms with Gasteiger partial charge in [0.05, 0.1) is 0 Å². The van der Waals surface area contributed by atoms with Crippen LogP contribution in [0.25, 0.3) is 0 Å². The maximum Gasteiger partial charge on any atom is 0.217 e. The molecule has 1 heterocycles. The maximum atomic E-state index is 10.9. The number of hydrogen-bond donors (Lipinski definition) is 3. The van der Waals surface area contributed by atoms with Gasteiger partial charge in [0.25, 0.3) is 0 Å². The van der Waals surface area contributed by atoms with Crippen molar-refractivity contribution in [1.82, 2.24) is 10.2 Å². The van der Waals surface area contributed by atoms with Crippen molar-refractivity contribution in [3.8, 4) is 0 Å². The van der Waals surface area contributed by atoms with E-state index in [2.05, 4.69) is 5.32 Å². The lowest BCUT2D eigenvalue weighted by atomic mass is 9.89. The predicted octanol–water partition coefficient (Wildman–Crippen LogP) is -0.130.